The summed E-state index contributed by atoms with van der Waals surface area (Å²) in [5.41, 5.74) is 9.97. The molecule has 0 radical (unpaired) electrons. The highest BCUT2D eigenvalue weighted by Gasteiger charge is 2.19. The van der Waals surface area contributed by atoms with E-state index in [1.807, 2.05) is 41.8 Å². The first kappa shape index (κ1) is 16.2. The van der Waals surface area contributed by atoms with Crippen LogP contribution in [-0.4, -0.2) is 21.4 Å². The van der Waals surface area contributed by atoms with E-state index in [1.165, 1.54) is 21.0 Å². The quantitative estimate of drug-likeness (QED) is 0.725. The molecule has 0 unspecified atom stereocenters. The summed E-state index contributed by atoms with van der Waals surface area (Å²) in [5, 5.41) is 0. The smallest absolute Gasteiger partial charge is 0.159 e. The van der Waals surface area contributed by atoms with Crippen molar-refractivity contribution in [3.05, 3.63) is 63.6 Å². The highest BCUT2D eigenvalue weighted by atomic mass is 32.1. The number of nitrogens with zero attached hydrogens (tertiary/aromatic N) is 3. The Balaban J connectivity index is 1.49. The maximum absolute atomic E-state index is 5.76. The molecule has 2 N–H and O–H groups in total. The zero-order valence-electron chi connectivity index (χ0n) is 14.4. The molecule has 128 valence electrons. The Morgan fingerprint density at radius 1 is 1.12 bits per heavy atom. The van der Waals surface area contributed by atoms with E-state index < -0.39 is 0 Å². The average Bonchev–Trinajstić information content (AvgIpc) is 3.09. The average molecular weight is 350 g/mol. The zero-order chi connectivity index (χ0) is 17.2. The highest BCUT2D eigenvalue weighted by molar-refractivity contribution is 7.11. The van der Waals surface area contributed by atoms with Gasteiger partial charge >= 0.3 is 0 Å². The van der Waals surface area contributed by atoms with Gasteiger partial charge in [-0.05, 0) is 42.8 Å². The Morgan fingerprint density at radius 2 is 1.92 bits per heavy atom. The summed E-state index contributed by atoms with van der Waals surface area (Å²) in [6.07, 6.45) is 4.09. The molecule has 0 aliphatic carbocycles. The first-order valence-electron chi connectivity index (χ1n) is 8.72. The predicted octanol–water partition coefficient (Wildman–Crippen LogP) is 3.91. The molecule has 2 aromatic heterocycles. The third-order valence-corrected chi connectivity index (χ3v) is 5.84. The molecule has 4 nitrogen and oxygen atoms in total. The van der Waals surface area contributed by atoms with Crippen LogP contribution in [0.1, 0.15) is 27.9 Å². The number of thiophene rings is 1. The molecule has 1 aliphatic heterocycles. The maximum Gasteiger partial charge on any atom is 0.159 e. The highest BCUT2D eigenvalue weighted by Crippen LogP contribution is 2.24. The lowest BCUT2D eigenvalue weighted by Gasteiger charge is -2.27. The van der Waals surface area contributed by atoms with Crippen molar-refractivity contribution < 1.29 is 0 Å². The van der Waals surface area contributed by atoms with Crippen molar-refractivity contribution in [3.63, 3.8) is 0 Å². The lowest BCUT2D eigenvalue weighted by atomic mass is 10.1. The van der Waals surface area contributed by atoms with Crippen LogP contribution in [0.15, 0.2) is 42.6 Å². The molecule has 0 spiro atoms. The van der Waals surface area contributed by atoms with Gasteiger partial charge in [-0.3, -0.25) is 4.90 Å². The number of nitrogens with two attached hydrogens (primary N) is 1. The standard InChI is InChI=1S/C20H22N4S/c1-2-17-7-8-18(25-17)13-24-10-9-19-15(12-24)11-22-20(23-19)14-3-5-16(21)6-4-14/h3-8,11H,2,9-10,12-13,21H2,1H3. The fourth-order valence-corrected chi connectivity index (χ4v) is 4.20. The van der Waals surface area contributed by atoms with Gasteiger partial charge in [-0.25, -0.2) is 9.97 Å². The summed E-state index contributed by atoms with van der Waals surface area (Å²) in [4.78, 5) is 14.8. The Kier molecular flexibility index (Phi) is 4.51. The summed E-state index contributed by atoms with van der Waals surface area (Å²) in [6.45, 7) is 5.20. The third-order valence-electron chi connectivity index (χ3n) is 4.63. The minimum atomic E-state index is 0.761. The molecule has 0 fully saturated rings. The number of rotatable bonds is 4. The van der Waals surface area contributed by atoms with Gasteiger partial charge in [0.05, 0.1) is 5.69 Å². The van der Waals surface area contributed by atoms with E-state index >= 15 is 0 Å². The second-order valence-corrected chi connectivity index (χ2v) is 7.72. The van der Waals surface area contributed by atoms with E-state index in [9.17, 15) is 0 Å². The van der Waals surface area contributed by atoms with Gasteiger partial charge in [0.2, 0.25) is 0 Å². The van der Waals surface area contributed by atoms with Crippen molar-refractivity contribution >= 4 is 17.0 Å². The molecule has 3 heterocycles. The first-order valence-corrected chi connectivity index (χ1v) is 9.53. The van der Waals surface area contributed by atoms with Crippen molar-refractivity contribution in [1.82, 2.24) is 14.9 Å². The van der Waals surface area contributed by atoms with Crippen LogP contribution < -0.4 is 5.73 Å². The van der Waals surface area contributed by atoms with Crippen LogP contribution in [0.3, 0.4) is 0 Å². The molecule has 25 heavy (non-hydrogen) atoms. The van der Waals surface area contributed by atoms with Gasteiger partial charge in [0.25, 0.3) is 0 Å². The number of benzene rings is 1. The monoisotopic (exact) mass is 350 g/mol. The Labute approximate surface area is 152 Å². The summed E-state index contributed by atoms with van der Waals surface area (Å²) in [7, 11) is 0. The number of anilines is 1. The molecule has 0 atom stereocenters. The van der Waals surface area contributed by atoms with Gasteiger partial charge in [0.1, 0.15) is 0 Å². The molecular weight excluding hydrogens is 328 g/mol. The van der Waals surface area contributed by atoms with Gasteiger partial charge in [0.15, 0.2) is 5.82 Å². The minimum Gasteiger partial charge on any atom is -0.399 e. The molecule has 5 heteroatoms. The van der Waals surface area contributed by atoms with Gasteiger partial charge < -0.3 is 5.73 Å². The number of nitrogen functional groups attached to an aromatic ring is 1. The zero-order valence-corrected chi connectivity index (χ0v) is 15.2. The van der Waals surface area contributed by atoms with E-state index in [4.69, 9.17) is 10.7 Å². The predicted molar refractivity (Wildman–Crippen MR) is 103 cm³/mol. The minimum absolute atomic E-state index is 0.761. The SMILES string of the molecule is CCc1ccc(CN2CCc3nc(-c4ccc(N)cc4)ncc3C2)s1. The van der Waals surface area contributed by atoms with Gasteiger partial charge in [0, 0.05) is 58.8 Å². The van der Waals surface area contributed by atoms with Crippen LogP contribution >= 0.6 is 11.3 Å². The number of aromatic nitrogens is 2. The fraction of sp³-hybridized carbons (Fsp3) is 0.300. The summed E-state index contributed by atoms with van der Waals surface area (Å²) < 4.78 is 0. The summed E-state index contributed by atoms with van der Waals surface area (Å²) in [6, 6.07) is 12.3. The molecule has 1 aliphatic rings. The second kappa shape index (κ2) is 6.94. The van der Waals surface area contributed by atoms with Crippen molar-refractivity contribution in [2.45, 2.75) is 32.9 Å². The number of aryl methyl sites for hydroxylation is 1. The van der Waals surface area contributed by atoms with Crippen LogP contribution in [0, 0.1) is 0 Å². The van der Waals surface area contributed by atoms with Crippen LogP contribution in [0.4, 0.5) is 5.69 Å². The molecule has 0 bridgehead atoms. The van der Waals surface area contributed by atoms with E-state index in [0.717, 1.165) is 49.6 Å². The topological polar surface area (TPSA) is 55.0 Å². The van der Waals surface area contributed by atoms with Gasteiger partial charge in [-0.15, -0.1) is 11.3 Å². The van der Waals surface area contributed by atoms with Gasteiger partial charge in [-0.2, -0.15) is 0 Å². The largest absolute Gasteiger partial charge is 0.399 e. The normalized spacial score (nSPS) is 14.4. The van der Waals surface area contributed by atoms with Crippen LogP contribution in [-0.2, 0) is 25.9 Å². The molecule has 1 aromatic carbocycles. The van der Waals surface area contributed by atoms with Crippen molar-refractivity contribution in [2.24, 2.45) is 0 Å². The van der Waals surface area contributed by atoms with E-state index in [0.29, 0.717) is 0 Å². The van der Waals surface area contributed by atoms with Crippen molar-refractivity contribution in [3.8, 4) is 11.4 Å². The van der Waals surface area contributed by atoms with Crippen molar-refractivity contribution in [1.29, 1.82) is 0 Å². The second-order valence-electron chi connectivity index (χ2n) is 6.47. The molecule has 4 rings (SSSR count). The number of fused-ring (bicyclic) bond motifs is 1. The lowest BCUT2D eigenvalue weighted by molar-refractivity contribution is 0.245. The molecule has 3 aromatic rings. The van der Waals surface area contributed by atoms with Crippen LogP contribution in [0.5, 0.6) is 0 Å². The van der Waals surface area contributed by atoms with Crippen LogP contribution in [0.25, 0.3) is 11.4 Å². The third kappa shape index (κ3) is 3.57. The fourth-order valence-electron chi connectivity index (χ4n) is 3.20. The molecular formula is C20H22N4S. The Morgan fingerprint density at radius 3 is 2.68 bits per heavy atom. The van der Waals surface area contributed by atoms with Crippen molar-refractivity contribution in [2.75, 3.05) is 12.3 Å². The molecule has 0 saturated carbocycles. The van der Waals surface area contributed by atoms with E-state index in [1.54, 1.807) is 0 Å². The van der Waals surface area contributed by atoms with E-state index in [2.05, 4.69) is 28.9 Å². The summed E-state index contributed by atoms with van der Waals surface area (Å²) in [5.74, 6) is 0.790. The van der Waals surface area contributed by atoms with Gasteiger partial charge in [-0.1, -0.05) is 6.92 Å². The Hall–Kier alpha value is -2.24. The van der Waals surface area contributed by atoms with E-state index in [-0.39, 0.29) is 0 Å². The summed E-state index contributed by atoms with van der Waals surface area (Å²) >= 11 is 1.93. The van der Waals surface area contributed by atoms with Crippen LogP contribution in [0.2, 0.25) is 0 Å². The Bertz CT molecular complexity index is 870. The number of hydrogen-bond donors (Lipinski definition) is 1. The molecule has 0 saturated heterocycles. The first-order chi connectivity index (χ1) is 12.2. The maximum atomic E-state index is 5.76. The molecule has 0 amide bonds. The lowest BCUT2D eigenvalue weighted by Crippen LogP contribution is -2.30. The number of hydrogen-bond acceptors (Lipinski definition) is 5.